The fourth-order valence-electron chi connectivity index (χ4n) is 1.75. The van der Waals surface area contributed by atoms with Crippen LogP contribution in [0.15, 0.2) is 33.2 Å². The Morgan fingerprint density at radius 2 is 2.09 bits per heavy atom. The molecule has 0 bridgehead atoms. The number of benzene rings is 1. The lowest BCUT2D eigenvalue weighted by molar-refractivity contribution is -0.105. The molecule has 2 aromatic rings. The van der Waals surface area contributed by atoms with Crippen LogP contribution in [0.5, 0.6) is 0 Å². The molecule has 2 N–H and O–H groups in total. The molecule has 118 valence electrons. The van der Waals surface area contributed by atoms with Crippen LogP contribution in [0.4, 0.5) is 5.69 Å². The predicted octanol–water partition coefficient (Wildman–Crippen LogP) is 3.55. The molecule has 22 heavy (non-hydrogen) atoms. The number of carbonyl (C=O) groups is 1. The Hall–Kier alpha value is -1.09. The van der Waals surface area contributed by atoms with E-state index < -0.39 is 11.0 Å². The summed E-state index contributed by atoms with van der Waals surface area (Å²) in [5.41, 5.74) is 1.13. The topological polar surface area (TPSA) is 71.1 Å². The molecule has 5 nitrogen and oxygen atoms in total. The van der Waals surface area contributed by atoms with Gasteiger partial charge in [0.15, 0.2) is 3.92 Å². The first-order chi connectivity index (χ1) is 10.3. The van der Waals surface area contributed by atoms with Crippen LogP contribution in [0.2, 0.25) is 0 Å². The Labute approximate surface area is 144 Å². The number of hydrogen-bond acceptors (Lipinski definition) is 4. The van der Waals surface area contributed by atoms with E-state index in [1.165, 1.54) is 11.3 Å². The van der Waals surface area contributed by atoms with Crippen LogP contribution in [0.25, 0.3) is 10.4 Å². The first kappa shape index (κ1) is 17.3. The van der Waals surface area contributed by atoms with Crippen molar-refractivity contribution in [2.45, 2.75) is 31.2 Å². The molecule has 1 atom stereocenters. The highest BCUT2D eigenvalue weighted by Gasteiger charge is 2.19. The third-order valence-corrected chi connectivity index (χ3v) is 5.59. The maximum absolute atomic E-state index is 12.7. The summed E-state index contributed by atoms with van der Waals surface area (Å²) < 4.78 is 16.5. The number of rotatable bonds is 5. The van der Waals surface area contributed by atoms with E-state index in [0.717, 1.165) is 14.4 Å². The van der Waals surface area contributed by atoms with Crippen LogP contribution in [0.3, 0.4) is 0 Å². The number of nitrogens with one attached hydrogen (secondary N) is 2. The average Bonchev–Trinajstić information content (AvgIpc) is 2.83. The molecule has 1 unspecified atom stereocenters. The van der Waals surface area contributed by atoms with Gasteiger partial charge in [0.2, 0.25) is 6.41 Å². The lowest BCUT2D eigenvalue weighted by Crippen LogP contribution is -2.37. The van der Waals surface area contributed by atoms with Crippen molar-refractivity contribution in [3.63, 3.8) is 0 Å². The third kappa shape index (κ3) is 4.45. The van der Waals surface area contributed by atoms with Gasteiger partial charge in [0, 0.05) is 23.0 Å². The van der Waals surface area contributed by atoms with Crippen LogP contribution in [0, 0.1) is 0 Å². The summed E-state index contributed by atoms with van der Waals surface area (Å²) >= 11 is 4.80. The first-order valence-corrected chi connectivity index (χ1v) is 9.21. The van der Waals surface area contributed by atoms with Gasteiger partial charge >= 0.3 is 0 Å². The highest BCUT2D eigenvalue weighted by Crippen LogP contribution is 2.34. The van der Waals surface area contributed by atoms with Gasteiger partial charge in [0.25, 0.3) is 0 Å². The molecule has 8 heteroatoms. The van der Waals surface area contributed by atoms with Crippen molar-refractivity contribution in [2.24, 2.45) is 0 Å². The summed E-state index contributed by atoms with van der Waals surface area (Å²) in [6.45, 7) is 5.84. The molecule has 0 aliphatic carbocycles. The fourth-order valence-corrected chi connectivity index (χ4v) is 4.40. The molecule has 0 saturated heterocycles. The van der Waals surface area contributed by atoms with E-state index in [1.807, 2.05) is 26.8 Å². The summed E-state index contributed by atoms with van der Waals surface area (Å²) in [4.78, 5) is 16.3. The monoisotopic (exact) mass is 401 g/mol. The summed E-state index contributed by atoms with van der Waals surface area (Å²) in [6, 6.07) is 5.32. The Morgan fingerprint density at radius 1 is 1.36 bits per heavy atom. The number of halogens is 1. The molecule has 2 rings (SSSR count). The zero-order chi connectivity index (χ0) is 16.3. The van der Waals surface area contributed by atoms with Crippen LogP contribution < -0.4 is 10.0 Å². The number of hydrogen-bond donors (Lipinski definition) is 2. The molecule has 0 radical (unpaired) electrons. The van der Waals surface area contributed by atoms with E-state index in [0.29, 0.717) is 17.0 Å². The maximum Gasteiger partial charge on any atom is 0.211 e. The lowest BCUT2D eigenvalue weighted by Gasteiger charge is -2.20. The predicted molar refractivity (Wildman–Crippen MR) is 94.2 cm³/mol. The van der Waals surface area contributed by atoms with Gasteiger partial charge in [0.1, 0.15) is 11.0 Å². The number of nitrogens with zero attached hydrogens (tertiary/aromatic N) is 1. The van der Waals surface area contributed by atoms with Gasteiger partial charge in [-0.1, -0.05) is 6.07 Å². The number of anilines is 1. The number of aromatic nitrogens is 1. The van der Waals surface area contributed by atoms with Crippen molar-refractivity contribution < 1.29 is 9.00 Å². The normalized spacial score (nSPS) is 12.9. The molecule has 1 aromatic carbocycles. The molecule has 1 heterocycles. The van der Waals surface area contributed by atoms with Crippen molar-refractivity contribution in [2.75, 3.05) is 5.32 Å². The molecular weight excluding hydrogens is 386 g/mol. The molecule has 0 aliphatic heterocycles. The number of thiazole rings is 1. The molecule has 0 fully saturated rings. The Bertz CT molecular complexity index is 710. The van der Waals surface area contributed by atoms with Crippen LogP contribution in [-0.4, -0.2) is 21.1 Å². The quantitative estimate of drug-likeness (QED) is 0.752. The molecule has 0 aliphatic rings. The Kier molecular flexibility index (Phi) is 5.49. The zero-order valence-electron chi connectivity index (χ0n) is 12.3. The smallest absolute Gasteiger partial charge is 0.211 e. The maximum atomic E-state index is 12.7. The van der Waals surface area contributed by atoms with Crippen molar-refractivity contribution in [3.05, 3.63) is 28.3 Å². The van der Waals surface area contributed by atoms with Crippen molar-refractivity contribution in [1.82, 2.24) is 9.71 Å². The van der Waals surface area contributed by atoms with E-state index in [1.54, 1.807) is 18.3 Å². The highest BCUT2D eigenvalue weighted by atomic mass is 79.9. The molecular formula is C14H16BrN3O2S2. The van der Waals surface area contributed by atoms with Gasteiger partial charge in [-0.05, 0) is 48.8 Å². The van der Waals surface area contributed by atoms with Gasteiger partial charge in [-0.25, -0.2) is 13.9 Å². The third-order valence-electron chi connectivity index (χ3n) is 2.55. The van der Waals surface area contributed by atoms with Gasteiger partial charge in [0.05, 0.1) is 9.77 Å². The van der Waals surface area contributed by atoms with Crippen molar-refractivity contribution >= 4 is 50.3 Å². The Morgan fingerprint density at radius 3 is 2.64 bits per heavy atom. The minimum Gasteiger partial charge on any atom is -0.329 e. The molecule has 1 aromatic heterocycles. The second kappa shape index (κ2) is 6.99. The van der Waals surface area contributed by atoms with Gasteiger partial charge < -0.3 is 5.32 Å². The van der Waals surface area contributed by atoms with Crippen molar-refractivity contribution in [1.29, 1.82) is 0 Å². The van der Waals surface area contributed by atoms with Gasteiger partial charge in [-0.3, -0.25) is 4.79 Å². The second-order valence-corrected chi connectivity index (χ2v) is 9.06. The van der Waals surface area contributed by atoms with E-state index in [2.05, 4.69) is 31.0 Å². The summed E-state index contributed by atoms with van der Waals surface area (Å²) in [7, 11) is -1.41. The summed E-state index contributed by atoms with van der Waals surface area (Å²) in [5.74, 6) is 0. The van der Waals surface area contributed by atoms with Crippen LogP contribution >= 0.6 is 27.3 Å². The van der Waals surface area contributed by atoms with Crippen LogP contribution in [0.1, 0.15) is 20.8 Å². The van der Waals surface area contributed by atoms with Crippen molar-refractivity contribution in [3.8, 4) is 10.4 Å². The first-order valence-electron chi connectivity index (χ1n) is 6.46. The van der Waals surface area contributed by atoms with E-state index in [9.17, 15) is 9.00 Å². The minimum atomic E-state index is -1.41. The fraction of sp³-hybridized carbons (Fsp3) is 0.286. The average molecular weight is 402 g/mol. The van der Waals surface area contributed by atoms with E-state index in [-0.39, 0.29) is 5.54 Å². The largest absolute Gasteiger partial charge is 0.329 e. The zero-order valence-corrected chi connectivity index (χ0v) is 15.6. The Balaban J connectivity index is 2.48. The summed E-state index contributed by atoms with van der Waals surface area (Å²) in [6.07, 6.45) is 2.33. The second-order valence-electron chi connectivity index (χ2n) is 5.57. The van der Waals surface area contributed by atoms with Crippen LogP contribution in [-0.2, 0) is 15.8 Å². The highest BCUT2D eigenvalue weighted by molar-refractivity contribution is 9.11. The van der Waals surface area contributed by atoms with Gasteiger partial charge in [-0.15, -0.1) is 11.3 Å². The number of amides is 1. The SMILES string of the molecule is CC(C)(C)NS(=O)c1cc(NC=O)ccc1-c1cnc(Br)s1. The number of carbonyl (C=O) groups excluding carboxylic acids is 1. The molecule has 0 spiro atoms. The van der Waals surface area contributed by atoms with Gasteiger partial charge in [-0.2, -0.15) is 0 Å². The lowest BCUT2D eigenvalue weighted by atomic mass is 10.1. The van der Waals surface area contributed by atoms with E-state index in [4.69, 9.17) is 0 Å². The standard InChI is InChI=1S/C14H16BrN3O2S2/c1-14(2,3)18-22(20)12-6-9(17-8-19)4-5-10(12)11-7-16-13(15)21-11/h4-8,18H,1-3H3,(H,17,19). The summed E-state index contributed by atoms with van der Waals surface area (Å²) in [5, 5.41) is 2.59. The molecule has 0 saturated carbocycles. The molecule has 1 amide bonds. The minimum absolute atomic E-state index is 0.301. The van der Waals surface area contributed by atoms with E-state index >= 15 is 0 Å².